The van der Waals surface area contributed by atoms with Gasteiger partial charge in [0.1, 0.15) is 35.9 Å². The van der Waals surface area contributed by atoms with Gasteiger partial charge in [0.05, 0.1) is 87.9 Å². The van der Waals surface area contributed by atoms with Gasteiger partial charge in [0.2, 0.25) is 0 Å². The highest BCUT2D eigenvalue weighted by atomic mass is 16.6. The minimum atomic E-state index is -0.680. The number of carbonyl (C=O) groups excluding carboxylic acids is 2. The molecular weight excluding hydrogens is 744 g/mol. The Labute approximate surface area is 325 Å². The maximum absolute atomic E-state index is 12.9. The number of ether oxygens (including phenoxy) is 9. The van der Waals surface area contributed by atoms with Crippen molar-refractivity contribution >= 4 is 33.9 Å². The zero-order valence-corrected chi connectivity index (χ0v) is 31.0. The molecule has 57 heavy (non-hydrogen) atoms. The topological polar surface area (TPSA) is 178 Å². The van der Waals surface area contributed by atoms with Crippen LogP contribution in [0, 0.1) is 0 Å². The van der Waals surface area contributed by atoms with Crippen molar-refractivity contribution in [2.45, 2.75) is 0 Å². The molecule has 0 aliphatic heterocycles. The Morgan fingerprint density at radius 2 is 0.842 bits per heavy atom. The summed E-state index contributed by atoms with van der Waals surface area (Å²) >= 11 is 0. The molecule has 0 aliphatic rings. The smallest absolute Gasteiger partial charge is 0.343 e. The molecule has 6 rings (SSSR count). The largest absolute Gasteiger partial charge is 0.493 e. The van der Waals surface area contributed by atoms with E-state index in [1.54, 1.807) is 60.7 Å². The van der Waals surface area contributed by atoms with Crippen LogP contribution < -0.4 is 39.7 Å². The number of fused-ring (bicyclic) bond motifs is 2. The third-order valence-corrected chi connectivity index (χ3v) is 8.14. The SMILES string of the molecule is COc1cc(C(=O)Oc2cc(=O)oc3ccccc23)ccc1OCCOCCOCCOCCOc1ccc(C(=O)Oc2cc(=O)oc3ccccc23)cc1OC. The monoisotopic (exact) mass is 782 g/mol. The Kier molecular flexibility index (Phi) is 13.9. The molecule has 0 atom stereocenters. The number of rotatable bonds is 20. The van der Waals surface area contributed by atoms with Crippen LogP contribution in [-0.2, 0) is 14.2 Å². The van der Waals surface area contributed by atoms with Gasteiger partial charge in [-0.2, -0.15) is 0 Å². The van der Waals surface area contributed by atoms with E-state index in [1.165, 1.54) is 38.5 Å². The van der Waals surface area contributed by atoms with Gasteiger partial charge in [-0.1, -0.05) is 24.3 Å². The van der Waals surface area contributed by atoms with Gasteiger partial charge in [0, 0.05) is 0 Å². The minimum Gasteiger partial charge on any atom is -0.493 e. The Morgan fingerprint density at radius 3 is 1.25 bits per heavy atom. The Balaban J connectivity index is 0.833. The molecule has 296 valence electrons. The van der Waals surface area contributed by atoms with Gasteiger partial charge < -0.3 is 51.5 Å². The zero-order valence-electron chi connectivity index (χ0n) is 31.0. The Hall–Kier alpha value is -6.68. The fraction of sp³-hybridized carbons (Fsp3) is 0.238. The summed E-state index contributed by atoms with van der Waals surface area (Å²) in [5, 5.41) is 0.977. The molecule has 6 aromatic rings. The molecule has 4 aromatic carbocycles. The number of carbonyl (C=O) groups is 2. The summed E-state index contributed by atoms with van der Waals surface area (Å²) in [6.45, 7) is 2.36. The molecule has 0 fully saturated rings. The predicted molar refractivity (Wildman–Crippen MR) is 204 cm³/mol. The predicted octanol–water partition coefficient (Wildman–Crippen LogP) is 5.86. The van der Waals surface area contributed by atoms with Crippen LogP contribution in [0.1, 0.15) is 20.7 Å². The third kappa shape index (κ3) is 10.8. The van der Waals surface area contributed by atoms with Gasteiger partial charge >= 0.3 is 23.2 Å². The highest BCUT2D eigenvalue weighted by molar-refractivity contribution is 5.95. The summed E-state index contributed by atoms with van der Waals surface area (Å²) in [6.07, 6.45) is 0. The second-order valence-electron chi connectivity index (χ2n) is 11.9. The van der Waals surface area contributed by atoms with E-state index in [0.29, 0.717) is 71.4 Å². The summed E-state index contributed by atoms with van der Waals surface area (Å²) in [5.41, 5.74) is -0.257. The van der Waals surface area contributed by atoms with Gasteiger partial charge in [0.25, 0.3) is 0 Å². The van der Waals surface area contributed by atoms with Gasteiger partial charge in [-0.3, -0.25) is 0 Å². The molecule has 0 aliphatic carbocycles. The fourth-order valence-corrected chi connectivity index (χ4v) is 5.44. The molecule has 0 unspecified atom stereocenters. The van der Waals surface area contributed by atoms with Gasteiger partial charge in [0.15, 0.2) is 23.0 Å². The molecule has 0 saturated heterocycles. The molecule has 0 amide bonds. The highest BCUT2D eigenvalue weighted by Gasteiger charge is 2.18. The summed E-state index contributed by atoms with van der Waals surface area (Å²) in [5.74, 6) is 0.281. The van der Waals surface area contributed by atoms with Crippen LogP contribution in [0.15, 0.2) is 115 Å². The van der Waals surface area contributed by atoms with Gasteiger partial charge in [-0.05, 0) is 60.7 Å². The van der Waals surface area contributed by atoms with E-state index >= 15 is 0 Å². The van der Waals surface area contributed by atoms with Crippen molar-refractivity contribution in [1.29, 1.82) is 0 Å². The lowest BCUT2D eigenvalue weighted by Gasteiger charge is -2.13. The van der Waals surface area contributed by atoms with Gasteiger partial charge in [-0.25, -0.2) is 19.2 Å². The lowest BCUT2D eigenvalue weighted by molar-refractivity contribution is 0.00479. The first-order chi connectivity index (χ1) is 27.8. The molecule has 0 saturated carbocycles. The molecule has 0 N–H and O–H groups in total. The Morgan fingerprint density at radius 1 is 0.456 bits per heavy atom. The summed E-state index contributed by atoms with van der Waals surface area (Å²) < 4.78 is 60.4. The second-order valence-corrected chi connectivity index (χ2v) is 11.9. The van der Waals surface area contributed by atoms with Crippen molar-refractivity contribution < 1.29 is 61.1 Å². The van der Waals surface area contributed by atoms with Crippen LogP contribution in [0.3, 0.4) is 0 Å². The standard InChI is InChI=1S/C42H38O15/c1-47-37-23-27(41(45)56-35-25-39(43)54-31-9-5-3-7-29(31)35)11-13-33(37)52-21-19-50-17-15-49-16-18-51-20-22-53-34-14-12-28(24-38(34)48-2)42(46)57-36-26-40(44)55-32-10-6-4-8-30(32)36/h3-14,23-26H,15-22H2,1-2H3. The first kappa shape index (κ1) is 40.0. The maximum Gasteiger partial charge on any atom is 0.343 e. The van der Waals surface area contributed by atoms with Crippen LogP contribution in [0.4, 0.5) is 0 Å². The molecule has 2 heterocycles. The van der Waals surface area contributed by atoms with E-state index in [1.807, 2.05) is 0 Å². The summed E-state index contributed by atoms with van der Waals surface area (Å²) in [6, 6.07) is 25.0. The van der Waals surface area contributed by atoms with Crippen LogP contribution in [0.25, 0.3) is 21.9 Å². The van der Waals surface area contributed by atoms with Crippen molar-refractivity contribution in [2.24, 2.45) is 0 Å². The first-order valence-corrected chi connectivity index (χ1v) is 17.7. The molecule has 0 bridgehead atoms. The number of para-hydroxylation sites is 2. The normalized spacial score (nSPS) is 11.0. The van der Waals surface area contributed by atoms with Crippen LogP contribution in [0.2, 0.25) is 0 Å². The van der Waals surface area contributed by atoms with Crippen molar-refractivity contribution in [3.63, 3.8) is 0 Å². The van der Waals surface area contributed by atoms with E-state index in [0.717, 1.165) is 12.1 Å². The highest BCUT2D eigenvalue weighted by Crippen LogP contribution is 2.31. The van der Waals surface area contributed by atoms with Crippen molar-refractivity contribution in [3.8, 4) is 34.5 Å². The van der Waals surface area contributed by atoms with Gasteiger partial charge in [-0.15, -0.1) is 0 Å². The lowest BCUT2D eigenvalue weighted by Crippen LogP contribution is -2.15. The maximum atomic E-state index is 12.9. The van der Waals surface area contributed by atoms with Crippen molar-refractivity contribution in [1.82, 2.24) is 0 Å². The molecule has 2 aromatic heterocycles. The van der Waals surface area contributed by atoms with E-state index in [2.05, 4.69) is 0 Å². The molecular formula is C42H38O15. The number of esters is 2. The average molecular weight is 783 g/mol. The van der Waals surface area contributed by atoms with E-state index < -0.39 is 23.2 Å². The Bertz CT molecular complexity index is 2270. The lowest BCUT2D eigenvalue weighted by atomic mass is 10.2. The molecule has 0 spiro atoms. The fourth-order valence-electron chi connectivity index (χ4n) is 5.44. The number of hydrogen-bond acceptors (Lipinski definition) is 15. The number of benzene rings is 4. The first-order valence-electron chi connectivity index (χ1n) is 17.7. The van der Waals surface area contributed by atoms with E-state index in [-0.39, 0.29) is 49.1 Å². The van der Waals surface area contributed by atoms with Crippen LogP contribution >= 0.6 is 0 Å². The number of hydrogen-bond donors (Lipinski definition) is 0. The molecule has 0 radical (unpaired) electrons. The molecule has 15 heteroatoms. The van der Waals surface area contributed by atoms with Crippen LogP contribution in [0.5, 0.6) is 34.5 Å². The number of methoxy groups -OCH3 is 2. The van der Waals surface area contributed by atoms with E-state index in [4.69, 9.17) is 51.5 Å². The summed E-state index contributed by atoms with van der Waals surface area (Å²) in [4.78, 5) is 49.6. The quantitative estimate of drug-likeness (QED) is 0.0510. The minimum absolute atomic E-state index is 0.0909. The van der Waals surface area contributed by atoms with Crippen molar-refractivity contribution in [2.75, 3.05) is 67.1 Å². The van der Waals surface area contributed by atoms with E-state index in [9.17, 15) is 19.2 Å². The zero-order chi connectivity index (χ0) is 40.0. The van der Waals surface area contributed by atoms with Crippen LogP contribution in [-0.4, -0.2) is 79.0 Å². The third-order valence-electron chi connectivity index (χ3n) is 8.14. The second kappa shape index (κ2) is 19.8. The molecule has 15 nitrogen and oxygen atoms in total. The van der Waals surface area contributed by atoms with Crippen molar-refractivity contribution in [3.05, 3.63) is 129 Å². The average Bonchev–Trinajstić information content (AvgIpc) is 3.22. The summed E-state index contributed by atoms with van der Waals surface area (Å²) in [7, 11) is 2.91.